The molecule has 1 atom stereocenters. The molecule has 0 spiro atoms. The Labute approximate surface area is 126 Å². The third-order valence-corrected chi connectivity index (χ3v) is 3.55. The van der Waals surface area contributed by atoms with Crippen LogP contribution in [0.15, 0.2) is 48.5 Å². The highest BCUT2D eigenvalue weighted by Crippen LogP contribution is 2.20. The quantitative estimate of drug-likeness (QED) is 0.840. The monoisotopic (exact) mass is 287 g/mol. The fourth-order valence-corrected chi connectivity index (χ4v) is 2.55. The highest BCUT2D eigenvalue weighted by molar-refractivity contribution is 5.34. The van der Waals surface area contributed by atoms with Crippen LogP contribution in [0.25, 0.3) is 0 Å². The van der Waals surface area contributed by atoms with E-state index in [-0.39, 0.29) is 5.82 Å². The van der Waals surface area contributed by atoms with Crippen molar-refractivity contribution in [1.82, 2.24) is 5.32 Å². The van der Waals surface area contributed by atoms with Gasteiger partial charge in [0.05, 0.1) is 7.11 Å². The Bertz CT molecular complexity index is 553. The van der Waals surface area contributed by atoms with Crippen LogP contribution >= 0.6 is 0 Å². The molecule has 21 heavy (non-hydrogen) atoms. The predicted octanol–water partition coefficient (Wildman–Crippen LogP) is 3.60. The zero-order valence-corrected chi connectivity index (χ0v) is 12.6. The number of rotatable bonds is 7. The molecule has 0 aliphatic heterocycles. The number of para-hydroxylation sites is 1. The first-order chi connectivity index (χ1) is 10.2. The molecule has 0 radical (unpaired) electrons. The molecule has 0 aromatic heterocycles. The van der Waals surface area contributed by atoms with Gasteiger partial charge in [0.15, 0.2) is 0 Å². The highest BCUT2D eigenvalue weighted by Gasteiger charge is 2.12. The summed E-state index contributed by atoms with van der Waals surface area (Å²) in [5.41, 5.74) is 2.32. The minimum absolute atomic E-state index is 0.191. The van der Waals surface area contributed by atoms with Crippen molar-refractivity contribution >= 4 is 0 Å². The summed E-state index contributed by atoms with van der Waals surface area (Å²) in [5, 5.41) is 3.50. The Hall–Kier alpha value is -1.87. The van der Waals surface area contributed by atoms with Crippen molar-refractivity contribution in [1.29, 1.82) is 0 Å². The Morgan fingerprint density at radius 3 is 2.43 bits per heavy atom. The third kappa shape index (κ3) is 4.57. The van der Waals surface area contributed by atoms with Crippen molar-refractivity contribution in [3.8, 4) is 5.75 Å². The maximum Gasteiger partial charge on any atom is 0.123 e. The molecular weight excluding hydrogens is 265 g/mol. The molecule has 112 valence electrons. The smallest absolute Gasteiger partial charge is 0.123 e. The summed E-state index contributed by atoms with van der Waals surface area (Å²) in [6.07, 6.45) is 1.75. The molecule has 0 saturated heterocycles. The molecule has 0 saturated carbocycles. The lowest BCUT2D eigenvalue weighted by atomic mass is 9.98. The number of nitrogens with one attached hydrogen (secondary N) is 1. The summed E-state index contributed by atoms with van der Waals surface area (Å²) >= 11 is 0. The lowest BCUT2D eigenvalue weighted by Gasteiger charge is -2.19. The van der Waals surface area contributed by atoms with Gasteiger partial charge in [0, 0.05) is 6.04 Å². The molecule has 1 unspecified atom stereocenters. The van der Waals surface area contributed by atoms with Gasteiger partial charge in [-0.05, 0) is 48.7 Å². The summed E-state index contributed by atoms with van der Waals surface area (Å²) in [7, 11) is 1.70. The summed E-state index contributed by atoms with van der Waals surface area (Å²) in [5.74, 6) is 0.725. The first kappa shape index (κ1) is 15.5. The second-order valence-electron chi connectivity index (χ2n) is 5.10. The second kappa shape index (κ2) is 7.79. The van der Waals surface area contributed by atoms with E-state index in [0.29, 0.717) is 6.04 Å². The number of methoxy groups -OCH3 is 1. The van der Waals surface area contributed by atoms with Crippen LogP contribution in [0.3, 0.4) is 0 Å². The van der Waals surface area contributed by atoms with Gasteiger partial charge in [-0.1, -0.05) is 37.3 Å². The Morgan fingerprint density at radius 1 is 1.05 bits per heavy atom. The number of ether oxygens (including phenoxy) is 1. The molecule has 0 aliphatic carbocycles. The van der Waals surface area contributed by atoms with Crippen molar-refractivity contribution in [3.05, 3.63) is 65.5 Å². The minimum Gasteiger partial charge on any atom is -0.496 e. The van der Waals surface area contributed by atoms with Crippen LogP contribution in [0, 0.1) is 5.82 Å². The van der Waals surface area contributed by atoms with Crippen LogP contribution in [0.1, 0.15) is 18.1 Å². The van der Waals surface area contributed by atoms with E-state index in [2.05, 4.69) is 18.3 Å². The van der Waals surface area contributed by atoms with E-state index in [1.807, 2.05) is 30.3 Å². The average molecular weight is 287 g/mol. The third-order valence-electron chi connectivity index (χ3n) is 3.55. The summed E-state index contributed by atoms with van der Waals surface area (Å²) in [6.45, 7) is 3.00. The van der Waals surface area contributed by atoms with Crippen LogP contribution in [0.2, 0.25) is 0 Å². The van der Waals surface area contributed by atoms with Crippen LogP contribution in [0.4, 0.5) is 4.39 Å². The molecule has 0 heterocycles. The molecule has 0 amide bonds. The molecule has 0 bridgehead atoms. The Kier molecular flexibility index (Phi) is 5.76. The number of likely N-dealkylation sites (N-methyl/N-ethyl adjacent to an activating group) is 1. The van der Waals surface area contributed by atoms with Gasteiger partial charge in [-0.3, -0.25) is 0 Å². The molecular formula is C18H22FNO. The van der Waals surface area contributed by atoms with Crippen LogP contribution in [-0.2, 0) is 12.8 Å². The Morgan fingerprint density at radius 2 is 1.76 bits per heavy atom. The standard InChI is InChI=1S/C18H22FNO/c1-3-20-17(12-14-8-10-16(19)11-9-14)13-15-6-4-5-7-18(15)21-2/h4-11,17,20H,3,12-13H2,1-2H3. The van der Waals surface area contributed by atoms with E-state index in [4.69, 9.17) is 4.74 Å². The fourth-order valence-electron chi connectivity index (χ4n) is 2.55. The van der Waals surface area contributed by atoms with Gasteiger partial charge in [-0.2, -0.15) is 0 Å². The van der Waals surface area contributed by atoms with Crippen LogP contribution in [-0.4, -0.2) is 19.7 Å². The van der Waals surface area contributed by atoms with Crippen molar-refractivity contribution in [2.75, 3.05) is 13.7 Å². The fraction of sp³-hybridized carbons (Fsp3) is 0.333. The van der Waals surface area contributed by atoms with Gasteiger partial charge in [0.25, 0.3) is 0 Å². The van der Waals surface area contributed by atoms with E-state index in [1.165, 1.54) is 17.7 Å². The lowest BCUT2D eigenvalue weighted by molar-refractivity contribution is 0.404. The summed E-state index contributed by atoms with van der Waals surface area (Å²) in [4.78, 5) is 0. The number of hydrogen-bond donors (Lipinski definition) is 1. The summed E-state index contributed by atoms with van der Waals surface area (Å²) < 4.78 is 18.4. The van der Waals surface area contributed by atoms with Crippen LogP contribution < -0.4 is 10.1 Å². The topological polar surface area (TPSA) is 21.3 Å². The van der Waals surface area contributed by atoms with E-state index in [1.54, 1.807) is 7.11 Å². The molecule has 2 aromatic rings. The van der Waals surface area contributed by atoms with E-state index < -0.39 is 0 Å². The molecule has 2 aromatic carbocycles. The van der Waals surface area contributed by atoms with Gasteiger partial charge in [0.2, 0.25) is 0 Å². The number of hydrogen-bond acceptors (Lipinski definition) is 2. The van der Waals surface area contributed by atoms with Crippen molar-refractivity contribution in [3.63, 3.8) is 0 Å². The predicted molar refractivity (Wildman–Crippen MR) is 84.3 cm³/mol. The molecule has 0 aliphatic rings. The molecule has 0 fully saturated rings. The highest BCUT2D eigenvalue weighted by atomic mass is 19.1. The normalized spacial score (nSPS) is 12.1. The Balaban J connectivity index is 2.09. The second-order valence-corrected chi connectivity index (χ2v) is 5.10. The molecule has 1 N–H and O–H groups in total. The van der Waals surface area contributed by atoms with Crippen molar-refractivity contribution in [2.45, 2.75) is 25.8 Å². The average Bonchev–Trinajstić information content (AvgIpc) is 2.50. The number of halogens is 1. The maximum absolute atomic E-state index is 13.0. The zero-order chi connectivity index (χ0) is 15.1. The van der Waals surface area contributed by atoms with Gasteiger partial charge in [0.1, 0.15) is 11.6 Å². The van der Waals surface area contributed by atoms with Gasteiger partial charge < -0.3 is 10.1 Å². The zero-order valence-electron chi connectivity index (χ0n) is 12.6. The van der Waals surface area contributed by atoms with E-state index >= 15 is 0 Å². The SMILES string of the molecule is CCNC(Cc1ccc(F)cc1)Cc1ccccc1OC. The molecule has 2 nitrogen and oxygen atoms in total. The maximum atomic E-state index is 13.0. The molecule has 3 heteroatoms. The first-order valence-corrected chi connectivity index (χ1v) is 7.32. The van der Waals surface area contributed by atoms with Gasteiger partial charge in [-0.15, -0.1) is 0 Å². The van der Waals surface area contributed by atoms with E-state index in [0.717, 1.165) is 30.7 Å². The lowest BCUT2D eigenvalue weighted by Crippen LogP contribution is -2.33. The summed E-state index contributed by atoms with van der Waals surface area (Å²) in [6, 6.07) is 15.1. The first-order valence-electron chi connectivity index (χ1n) is 7.32. The minimum atomic E-state index is -0.191. The van der Waals surface area contributed by atoms with E-state index in [9.17, 15) is 4.39 Å². The largest absolute Gasteiger partial charge is 0.496 e. The van der Waals surface area contributed by atoms with Gasteiger partial charge in [-0.25, -0.2) is 4.39 Å². The number of benzene rings is 2. The molecule has 2 rings (SSSR count). The van der Waals surface area contributed by atoms with Crippen LogP contribution in [0.5, 0.6) is 5.75 Å². The van der Waals surface area contributed by atoms with Crippen molar-refractivity contribution < 1.29 is 9.13 Å². The van der Waals surface area contributed by atoms with Crippen molar-refractivity contribution in [2.24, 2.45) is 0 Å². The van der Waals surface area contributed by atoms with Gasteiger partial charge >= 0.3 is 0 Å².